The maximum atomic E-state index is 9.91. The molecule has 0 saturated carbocycles. The average molecular weight is 195 g/mol. The van der Waals surface area contributed by atoms with E-state index in [0.29, 0.717) is 16.1 Å². The number of oxazole rings is 1. The van der Waals surface area contributed by atoms with Crippen LogP contribution in [0, 0.1) is 0 Å². The van der Waals surface area contributed by atoms with Gasteiger partial charge in [0.1, 0.15) is 5.52 Å². The highest BCUT2D eigenvalue weighted by Gasteiger charge is 2.06. The highest BCUT2D eigenvalue weighted by Crippen LogP contribution is 2.26. The van der Waals surface area contributed by atoms with Crippen LogP contribution >= 0.6 is 11.6 Å². The molecule has 2 rings (SSSR count). The number of fused-ring (bicyclic) bond motifs is 1. The summed E-state index contributed by atoms with van der Waals surface area (Å²) in [5.74, 6) is 0. The summed E-state index contributed by atoms with van der Waals surface area (Å²) in [5.41, 5.74) is 1.000. The number of aromatic nitrogens is 1. The molecule has 1 aromatic carbocycles. The first-order valence-corrected chi connectivity index (χ1v) is 3.82. The lowest BCUT2D eigenvalue weighted by Gasteiger charge is -1.86. The first-order chi connectivity index (χ1) is 6.31. The topological polar surface area (TPSA) is 55.5 Å². The highest BCUT2D eigenvalue weighted by atomic mass is 35.5. The fourth-order valence-electron chi connectivity index (χ4n) is 0.990. The van der Waals surface area contributed by atoms with E-state index in [0.717, 1.165) is 0 Å². The Hall–Kier alpha value is -1.64. The van der Waals surface area contributed by atoms with Crippen molar-refractivity contribution in [3.05, 3.63) is 23.2 Å². The molecule has 1 aromatic heterocycles. The lowest BCUT2D eigenvalue weighted by molar-refractivity contribution is 0.560. The summed E-state index contributed by atoms with van der Waals surface area (Å²) >= 11 is 5.81. The number of aliphatic imine (C=N–C) groups is 1. The van der Waals surface area contributed by atoms with E-state index in [1.807, 2.05) is 0 Å². The molecule has 0 fully saturated rings. The summed E-state index contributed by atoms with van der Waals surface area (Å²) < 4.78 is 5.06. The summed E-state index contributed by atoms with van der Waals surface area (Å²) in [6, 6.07) is 5.07. The zero-order valence-corrected chi connectivity index (χ0v) is 7.08. The second kappa shape index (κ2) is 3.01. The van der Waals surface area contributed by atoms with E-state index in [2.05, 4.69) is 9.98 Å². The molecule has 0 N–H and O–H groups in total. The smallest absolute Gasteiger partial charge is 0.333 e. The number of isocyanates is 1. The molecule has 0 aliphatic rings. The van der Waals surface area contributed by atoms with E-state index < -0.39 is 0 Å². The monoisotopic (exact) mass is 194 g/mol. The lowest BCUT2D eigenvalue weighted by Crippen LogP contribution is -1.68. The zero-order chi connectivity index (χ0) is 9.26. The second-order valence-electron chi connectivity index (χ2n) is 2.29. The minimum absolute atomic E-state index is 0.0295. The average Bonchev–Trinajstić information content (AvgIpc) is 2.49. The van der Waals surface area contributed by atoms with Gasteiger partial charge < -0.3 is 4.42 Å². The van der Waals surface area contributed by atoms with Crippen molar-refractivity contribution in [2.24, 2.45) is 4.99 Å². The molecular formula is C8H3ClN2O2. The van der Waals surface area contributed by atoms with Crippen LogP contribution in [0.15, 0.2) is 27.6 Å². The van der Waals surface area contributed by atoms with E-state index in [-0.39, 0.29) is 6.01 Å². The third kappa shape index (κ3) is 1.33. The van der Waals surface area contributed by atoms with Gasteiger partial charge in [-0.15, -0.1) is 4.99 Å². The summed E-state index contributed by atoms with van der Waals surface area (Å²) in [6.07, 6.45) is 1.34. The molecule has 13 heavy (non-hydrogen) atoms. The molecule has 0 saturated heterocycles. The minimum atomic E-state index is -0.0295. The van der Waals surface area contributed by atoms with Crippen LogP contribution in [-0.2, 0) is 4.79 Å². The zero-order valence-electron chi connectivity index (χ0n) is 6.32. The number of hydrogen-bond donors (Lipinski definition) is 0. The highest BCUT2D eigenvalue weighted by molar-refractivity contribution is 6.34. The molecule has 0 unspecified atom stereocenters. The Bertz CT molecular complexity index is 500. The molecule has 2 aromatic rings. The van der Waals surface area contributed by atoms with Crippen LogP contribution < -0.4 is 0 Å². The molecular weight excluding hydrogens is 192 g/mol. The minimum Gasteiger partial charge on any atom is -0.421 e. The molecule has 0 spiro atoms. The van der Waals surface area contributed by atoms with Crippen molar-refractivity contribution in [2.75, 3.05) is 0 Å². The van der Waals surface area contributed by atoms with Gasteiger partial charge in [-0.25, -0.2) is 4.79 Å². The molecule has 0 atom stereocenters. The van der Waals surface area contributed by atoms with Crippen LogP contribution in [0.5, 0.6) is 0 Å². The van der Waals surface area contributed by atoms with E-state index >= 15 is 0 Å². The first-order valence-electron chi connectivity index (χ1n) is 3.44. The number of nitrogens with zero attached hydrogens (tertiary/aromatic N) is 2. The standard InChI is InChI=1S/C8H3ClN2O2/c9-5-2-1-3-6-7(5)11-8(13-6)10-4-12/h1-3H. The third-order valence-electron chi connectivity index (χ3n) is 1.50. The van der Waals surface area contributed by atoms with Gasteiger partial charge >= 0.3 is 6.01 Å². The summed E-state index contributed by atoms with van der Waals surface area (Å²) in [5, 5.41) is 0.466. The largest absolute Gasteiger partial charge is 0.421 e. The van der Waals surface area contributed by atoms with Gasteiger partial charge in [0.05, 0.1) is 5.02 Å². The Morgan fingerprint density at radius 3 is 3.08 bits per heavy atom. The van der Waals surface area contributed by atoms with Gasteiger partial charge in [0, 0.05) is 0 Å². The molecule has 0 aliphatic heterocycles. The number of hydrogen-bond acceptors (Lipinski definition) is 4. The Balaban J connectivity index is 2.75. The van der Waals surface area contributed by atoms with Gasteiger partial charge in [-0.2, -0.15) is 4.98 Å². The van der Waals surface area contributed by atoms with Crippen molar-refractivity contribution >= 4 is 34.8 Å². The summed E-state index contributed by atoms with van der Waals surface area (Å²) in [7, 11) is 0. The molecule has 0 amide bonds. The van der Waals surface area contributed by atoms with Gasteiger partial charge in [-0.05, 0) is 12.1 Å². The van der Waals surface area contributed by atoms with Gasteiger partial charge in [-0.1, -0.05) is 17.7 Å². The predicted molar refractivity (Wildman–Crippen MR) is 46.8 cm³/mol. The van der Waals surface area contributed by atoms with Crippen molar-refractivity contribution < 1.29 is 9.21 Å². The van der Waals surface area contributed by atoms with Crippen LogP contribution in [0.3, 0.4) is 0 Å². The van der Waals surface area contributed by atoms with E-state index in [9.17, 15) is 4.79 Å². The number of rotatable bonds is 1. The number of carbonyl (C=O) groups excluding carboxylic acids is 1. The Morgan fingerprint density at radius 1 is 1.54 bits per heavy atom. The molecule has 4 nitrogen and oxygen atoms in total. The van der Waals surface area contributed by atoms with Crippen molar-refractivity contribution in [2.45, 2.75) is 0 Å². The van der Waals surface area contributed by atoms with Crippen LogP contribution in [0.25, 0.3) is 11.1 Å². The van der Waals surface area contributed by atoms with Gasteiger partial charge in [-0.3, -0.25) is 0 Å². The predicted octanol–water partition coefficient (Wildman–Crippen LogP) is 2.45. The number of halogens is 1. The van der Waals surface area contributed by atoms with E-state index in [4.69, 9.17) is 16.0 Å². The quantitative estimate of drug-likeness (QED) is 0.518. The lowest BCUT2D eigenvalue weighted by atomic mass is 10.3. The maximum Gasteiger partial charge on any atom is 0.333 e. The Kier molecular flexibility index (Phi) is 1.85. The molecule has 5 heteroatoms. The Labute approximate surface area is 77.9 Å². The number of para-hydroxylation sites is 1. The normalized spacial score (nSPS) is 9.92. The SMILES string of the molecule is O=C=Nc1nc2c(Cl)cccc2o1. The van der Waals surface area contributed by atoms with Gasteiger partial charge in [0.25, 0.3) is 0 Å². The van der Waals surface area contributed by atoms with Crippen LogP contribution in [0.2, 0.25) is 5.02 Å². The third-order valence-corrected chi connectivity index (χ3v) is 1.80. The summed E-state index contributed by atoms with van der Waals surface area (Å²) in [6.45, 7) is 0. The summed E-state index contributed by atoms with van der Waals surface area (Å²) in [4.78, 5) is 17.0. The fourth-order valence-corrected chi connectivity index (χ4v) is 1.20. The molecule has 0 aliphatic carbocycles. The van der Waals surface area contributed by atoms with Crippen LogP contribution in [0.4, 0.5) is 6.01 Å². The van der Waals surface area contributed by atoms with Crippen LogP contribution in [-0.4, -0.2) is 11.1 Å². The maximum absolute atomic E-state index is 9.91. The Morgan fingerprint density at radius 2 is 2.38 bits per heavy atom. The molecule has 1 heterocycles. The fraction of sp³-hybridized carbons (Fsp3) is 0. The van der Waals surface area contributed by atoms with Crippen LogP contribution in [0.1, 0.15) is 0 Å². The first kappa shape index (κ1) is 7.98. The van der Waals surface area contributed by atoms with Gasteiger partial charge in [0.15, 0.2) is 5.58 Å². The molecule has 0 bridgehead atoms. The second-order valence-corrected chi connectivity index (χ2v) is 2.69. The van der Waals surface area contributed by atoms with Crippen molar-refractivity contribution in [1.82, 2.24) is 4.98 Å². The van der Waals surface area contributed by atoms with Crippen molar-refractivity contribution in [3.8, 4) is 0 Å². The molecule has 64 valence electrons. The van der Waals surface area contributed by atoms with Crippen molar-refractivity contribution in [1.29, 1.82) is 0 Å². The van der Waals surface area contributed by atoms with Gasteiger partial charge in [0.2, 0.25) is 6.08 Å². The number of benzene rings is 1. The van der Waals surface area contributed by atoms with Crippen molar-refractivity contribution in [3.63, 3.8) is 0 Å². The van der Waals surface area contributed by atoms with E-state index in [1.54, 1.807) is 18.2 Å². The van der Waals surface area contributed by atoms with E-state index in [1.165, 1.54) is 6.08 Å². The molecule has 0 radical (unpaired) electrons.